The first-order valence-electron chi connectivity index (χ1n) is 19.4. The van der Waals surface area contributed by atoms with Crippen LogP contribution in [0.2, 0.25) is 5.28 Å². The van der Waals surface area contributed by atoms with Crippen molar-refractivity contribution in [3.05, 3.63) is 5.28 Å². The van der Waals surface area contributed by atoms with E-state index in [2.05, 4.69) is 105 Å². The maximum Gasteiger partial charge on any atom is 0.228 e. The molecule has 3 rings (SSSR count). The van der Waals surface area contributed by atoms with E-state index in [4.69, 9.17) is 11.6 Å². The van der Waals surface area contributed by atoms with Crippen LogP contribution in [0, 0.1) is 11.8 Å². The predicted molar refractivity (Wildman–Crippen MR) is 204 cm³/mol. The van der Waals surface area contributed by atoms with E-state index in [-0.39, 0.29) is 5.28 Å². The molecule has 0 spiro atoms. The van der Waals surface area contributed by atoms with Crippen LogP contribution in [0.4, 0.5) is 11.9 Å². The van der Waals surface area contributed by atoms with E-state index in [0.29, 0.717) is 34.1 Å². The Hall–Kier alpha value is -1.18. The summed E-state index contributed by atoms with van der Waals surface area (Å²) in [5, 5.41) is 6.97. The van der Waals surface area contributed by atoms with Gasteiger partial charge < -0.3 is 10.6 Å². The highest BCUT2D eigenvalue weighted by Gasteiger charge is 2.43. The third-order valence-corrected chi connectivity index (χ3v) is 12.2. The van der Waals surface area contributed by atoms with Crippen LogP contribution in [0.15, 0.2) is 0 Å². The van der Waals surface area contributed by atoms with Crippen LogP contribution in [0.1, 0.15) is 171 Å². The lowest BCUT2D eigenvalue weighted by molar-refractivity contribution is -0.0324. The van der Waals surface area contributed by atoms with Crippen molar-refractivity contribution in [3.8, 4) is 0 Å². The minimum absolute atomic E-state index is 0.248. The summed E-state index contributed by atoms with van der Waals surface area (Å²) in [6.45, 7) is 21.1. The van der Waals surface area contributed by atoms with Gasteiger partial charge in [0.15, 0.2) is 0 Å². The van der Waals surface area contributed by atoms with Crippen molar-refractivity contribution in [2.24, 2.45) is 11.8 Å². The molecule has 0 saturated carbocycles. The highest BCUT2D eigenvalue weighted by Crippen LogP contribution is 2.43. The lowest BCUT2D eigenvalue weighted by atomic mass is 9.72. The van der Waals surface area contributed by atoms with Gasteiger partial charge in [0.05, 0.1) is 0 Å². The molecule has 0 unspecified atom stereocenters. The van der Waals surface area contributed by atoms with Gasteiger partial charge in [0.2, 0.25) is 17.2 Å². The summed E-state index contributed by atoms with van der Waals surface area (Å²) in [5.74, 6) is 2.88. The molecular weight excluding hydrogens is 602 g/mol. The Kier molecular flexibility index (Phi) is 15.6. The first-order valence-corrected chi connectivity index (χ1v) is 19.8. The first-order chi connectivity index (χ1) is 22.0. The summed E-state index contributed by atoms with van der Waals surface area (Å²) >= 11 is 6.21. The van der Waals surface area contributed by atoms with E-state index >= 15 is 0 Å². The molecule has 2 aliphatic heterocycles. The second-order valence-corrected chi connectivity index (χ2v) is 18.2. The Morgan fingerprint density at radius 2 is 0.809 bits per heavy atom. The third-order valence-electron chi connectivity index (χ3n) is 12.0. The molecule has 0 aliphatic carbocycles. The van der Waals surface area contributed by atoms with Crippen molar-refractivity contribution in [2.45, 2.75) is 193 Å². The molecule has 2 fully saturated rings. The van der Waals surface area contributed by atoms with Gasteiger partial charge in [0.25, 0.3) is 0 Å². The molecular formula is C39H74ClN7. The van der Waals surface area contributed by atoms with Gasteiger partial charge in [-0.3, -0.25) is 9.80 Å². The molecule has 2 aliphatic rings. The van der Waals surface area contributed by atoms with Crippen LogP contribution in [-0.2, 0) is 0 Å². The lowest BCUT2D eigenvalue weighted by Gasteiger charge is -2.54. The Morgan fingerprint density at radius 3 is 1.15 bits per heavy atom. The van der Waals surface area contributed by atoms with Gasteiger partial charge in [-0.05, 0) is 131 Å². The zero-order chi connectivity index (χ0) is 34.7. The maximum absolute atomic E-state index is 6.21. The van der Waals surface area contributed by atoms with E-state index in [1.165, 1.54) is 103 Å². The fraction of sp³-hybridized carbons (Fsp3) is 0.923. The maximum atomic E-state index is 6.21. The van der Waals surface area contributed by atoms with Crippen LogP contribution in [-0.4, -0.2) is 74.1 Å². The Balaban J connectivity index is 1.18. The Morgan fingerprint density at radius 1 is 0.511 bits per heavy atom. The van der Waals surface area contributed by atoms with Crippen LogP contribution in [0.25, 0.3) is 0 Å². The Labute approximate surface area is 295 Å². The van der Waals surface area contributed by atoms with E-state index < -0.39 is 0 Å². The van der Waals surface area contributed by atoms with Gasteiger partial charge in [-0.2, -0.15) is 15.0 Å². The molecule has 7 nitrogen and oxygen atoms in total. The molecule has 47 heavy (non-hydrogen) atoms. The van der Waals surface area contributed by atoms with Crippen molar-refractivity contribution < 1.29 is 0 Å². The van der Waals surface area contributed by atoms with Crippen molar-refractivity contribution in [3.63, 3.8) is 0 Å². The van der Waals surface area contributed by atoms with Gasteiger partial charge in [0, 0.05) is 35.2 Å². The Bertz CT molecular complexity index is 942. The molecule has 0 radical (unpaired) electrons. The number of hydrogen-bond donors (Lipinski definition) is 2. The highest BCUT2D eigenvalue weighted by atomic mass is 35.5. The summed E-state index contributed by atoms with van der Waals surface area (Å²) in [6, 6.07) is 0. The molecule has 0 amide bonds. The number of nitrogens with one attached hydrogen (secondary N) is 2. The predicted octanol–water partition coefficient (Wildman–Crippen LogP) is 10.6. The third kappa shape index (κ3) is 13.2. The fourth-order valence-electron chi connectivity index (χ4n) is 9.00. The van der Waals surface area contributed by atoms with Crippen molar-refractivity contribution >= 4 is 23.5 Å². The van der Waals surface area contributed by atoms with Crippen LogP contribution >= 0.6 is 11.6 Å². The van der Waals surface area contributed by atoms with Gasteiger partial charge in [-0.1, -0.05) is 77.0 Å². The van der Waals surface area contributed by atoms with Crippen molar-refractivity contribution in [1.82, 2.24) is 24.8 Å². The van der Waals surface area contributed by atoms with Gasteiger partial charge in [-0.15, -0.1) is 0 Å². The minimum Gasteiger partial charge on any atom is -0.354 e. The average Bonchev–Trinajstić information content (AvgIpc) is 2.96. The molecule has 1 aromatic heterocycles. The standard InChI is InChI=1S/C39H74ClN7/c1-36(2)27-31(28-37(3,4)46(36)9)23-19-15-11-13-17-21-25-41-34-43-33(40)44-35(45-34)42-26-22-18-14-12-16-20-24-32-29-38(5,6)47(10)39(7,8)30-32/h31-32H,11-30H2,1-10H3,(H2,41,42,43,44,45). The molecule has 0 aromatic carbocycles. The second kappa shape index (κ2) is 18.2. The fourth-order valence-corrected chi connectivity index (χ4v) is 9.16. The first kappa shape index (κ1) is 40.3. The molecule has 3 heterocycles. The van der Waals surface area contributed by atoms with Gasteiger partial charge in [-0.25, -0.2) is 0 Å². The number of rotatable bonds is 20. The number of likely N-dealkylation sites (tertiary alicyclic amines) is 2. The molecule has 0 bridgehead atoms. The monoisotopic (exact) mass is 676 g/mol. The lowest BCUT2D eigenvalue weighted by Crippen LogP contribution is -2.58. The SMILES string of the molecule is CN1C(C)(C)CC(CCCCCCCCNc2nc(Cl)nc(NCCCCCCCCC3CC(C)(C)N(C)C(C)(C)C3)n2)CC1(C)C. The van der Waals surface area contributed by atoms with E-state index in [0.717, 1.165) is 37.8 Å². The molecule has 272 valence electrons. The number of unbranched alkanes of at least 4 members (excludes halogenated alkanes) is 10. The van der Waals surface area contributed by atoms with E-state index in [9.17, 15) is 0 Å². The minimum atomic E-state index is 0.248. The van der Waals surface area contributed by atoms with E-state index in [1.807, 2.05) is 0 Å². The number of anilines is 2. The summed E-state index contributed by atoms with van der Waals surface area (Å²) < 4.78 is 0. The zero-order valence-corrected chi connectivity index (χ0v) is 33.2. The van der Waals surface area contributed by atoms with E-state index in [1.54, 1.807) is 0 Å². The van der Waals surface area contributed by atoms with Crippen LogP contribution in [0.5, 0.6) is 0 Å². The van der Waals surface area contributed by atoms with Crippen LogP contribution < -0.4 is 10.6 Å². The molecule has 1 aromatic rings. The highest BCUT2D eigenvalue weighted by molar-refractivity contribution is 6.28. The second-order valence-electron chi connectivity index (χ2n) is 17.8. The quantitative estimate of drug-likeness (QED) is 0.133. The summed E-state index contributed by atoms with van der Waals surface area (Å²) in [4.78, 5) is 18.3. The van der Waals surface area contributed by atoms with Crippen molar-refractivity contribution in [1.29, 1.82) is 0 Å². The molecule has 2 N–H and O–H groups in total. The smallest absolute Gasteiger partial charge is 0.228 e. The summed E-state index contributed by atoms with van der Waals surface area (Å²) in [5.41, 5.74) is 1.23. The zero-order valence-electron chi connectivity index (χ0n) is 32.4. The molecule has 8 heteroatoms. The average molecular weight is 677 g/mol. The topological polar surface area (TPSA) is 69.2 Å². The normalized spacial score (nSPS) is 21.6. The van der Waals surface area contributed by atoms with Crippen LogP contribution in [0.3, 0.4) is 0 Å². The number of nitrogens with zero attached hydrogens (tertiary/aromatic N) is 5. The van der Waals surface area contributed by atoms with Crippen molar-refractivity contribution in [2.75, 3.05) is 37.8 Å². The molecule has 2 saturated heterocycles. The summed E-state index contributed by atoms with van der Waals surface area (Å²) in [6.07, 6.45) is 23.5. The number of piperidine rings is 2. The van der Waals surface area contributed by atoms with Gasteiger partial charge in [0.1, 0.15) is 0 Å². The van der Waals surface area contributed by atoms with Gasteiger partial charge >= 0.3 is 0 Å². The summed E-state index contributed by atoms with van der Waals surface area (Å²) in [7, 11) is 4.61. The molecule has 0 atom stereocenters. The number of aromatic nitrogens is 3. The largest absolute Gasteiger partial charge is 0.354 e. The number of hydrogen-bond acceptors (Lipinski definition) is 7. The number of halogens is 1.